The Labute approximate surface area is 178 Å². The van der Waals surface area contributed by atoms with Crippen molar-refractivity contribution in [2.24, 2.45) is 0 Å². The number of nitrogens with zero attached hydrogens (tertiary/aromatic N) is 3. The molecule has 5 rings (SSSR count). The van der Waals surface area contributed by atoms with Crippen molar-refractivity contribution in [2.45, 2.75) is 38.3 Å². The Morgan fingerprint density at radius 2 is 2.10 bits per heavy atom. The third kappa shape index (κ3) is 3.99. The van der Waals surface area contributed by atoms with Crippen molar-refractivity contribution in [3.8, 4) is 17.1 Å². The van der Waals surface area contributed by atoms with Gasteiger partial charge in [-0.1, -0.05) is 0 Å². The van der Waals surface area contributed by atoms with Crippen LogP contribution in [-0.4, -0.2) is 47.2 Å². The van der Waals surface area contributed by atoms with Gasteiger partial charge in [0.05, 0.1) is 23.7 Å². The number of thiazole rings is 1. The monoisotopic (exact) mass is 428 g/mol. The fourth-order valence-corrected chi connectivity index (χ4v) is 4.57. The molecular weight excluding hydrogens is 404 g/mol. The predicted molar refractivity (Wildman–Crippen MR) is 113 cm³/mol. The molecule has 2 aliphatic rings. The van der Waals surface area contributed by atoms with Crippen LogP contribution >= 0.6 is 11.3 Å². The zero-order valence-electron chi connectivity index (χ0n) is 16.6. The predicted octanol–water partition coefficient (Wildman–Crippen LogP) is 3.91. The Morgan fingerprint density at radius 1 is 1.13 bits per heavy atom. The zero-order valence-corrected chi connectivity index (χ0v) is 17.5. The van der Waals surface area contributed by atoms with Crippen molar-refractivity contribution in [1.82, 2.24) is 20.1 Å². The summed E-state index contributed by atoms with van der Waals surface area (Å²) in [6.07, 6.45) is 3.99. The Bertz CT molecular complexity index is 1040. The van der Waals surface area contributed by atoms with Gasteiger partial charge in [-0.2, -0.15) is 5.10 Å². The van der Waals surface area contributed by atoms with E-state index in [0.717, 1.165) is 58.9 Å². The summed E-state index contributed by atoms with van der Waals surface area (Å²) in [5, 5.41) is 11.6. The molecule has 2 aliphatic heterocycles. The highest BCUT2D eigenvalue weighted by Crippen LogP contribution is 2.35. The van der Waals surface area contributed by atoms with E-state index in [1.165, 1.54) is 0 Å². The molecular formula is C21H24N4O4S. The third-order valence-electron chi connectivity index (χ3n) is 5.31. The lowest BCUT2D eigenvalue weighted by Crippen LogP contribution is -2.27. The molecule has 4 bridgehead atoms. The van der Waals surface area contributed by atoms with Gasteiger partial charge in [-0.05, 0) is 43.9 Å². The molecule has 4 heterocycles. The maximum atomic E-state index is 11.7. The van der Waals surface area contributed by atoms with Crippen molar-refractivity contribution in [3.63, 3.8) is 0 Å². The first-order valence-electron chi connectivity index (χ1n) is 10.4. The molecule has 0 saturated carbocycles. The Kier molecular flexibility index (Phi) is 5.54. The summed E-state index contributed by atoms with van der Waals surface area (Å²) in [6, 6.07) is 6.04. The van der Waals surface area contributed by atoms with Gasteiger partial charge in [0.25, 0.3) is 0 Å². The van der Waals surface area contributed by atoms with Gasteiger partial charge in [-0.25, -0.2) is 14.5 Å². The molecule has 1 fully saturated rings. The number of hydrogen-bond acceptors (Lipinski definition) is 7. The van der Waals surface area contributed by atoms with E-state index in [1.54, 1.807) is 11.3 Å². The highest BCUT2D eigenvalue weighted by molar-refractivity contribution is 7.09. The van der Waals surface area contributed by atoms with E-state index in [4.69, 9.17) is 24.3 Å². The van der Waals surface area contributed by atoms with Gasteiger partial charge >= 0.3 is 6.09 Å². The molecule has 8 nitrogen and oxygen atoms in total. The van der Waals surface area contributed by atoms with Crippen LogP contribution < -0.4 is 10.1 Å². The lowest BCUT2D eigenvalue weighted by atomic mass is 10.1. The van der Waals surface area contributed by atoms with Crippen molar-refractivity contribution in [1.29, 1.82) is 0 Å². The molecule has 2 aromatic heterocycles. The summed E-state index contributed by atoms with van der Waals surface area (Å²) in [5.41, 5.74) is 2.68. The standard InChI is InChI=1S/C21H24N4O4S/c26-21-22-8-3-10-27-14-5-6-17-15(12-14)20(16-13-30-18(23-16)7-11-29-21)24-25(17)19-4-1-2-9-28-19/h5-6,12-13,19H,1-4,7-11H2,(H,22,26). The number of rotatable bonds is 1. The van der Waals surface area contributed by atoms with Crippen molar-refractivity contribution < 1.29 is 19.0 Å². The van der Waals surface area contributed by atoms with E-state index in [-0.39, 0.29) is 6.23 Å². The molecule has 158 valence electrons. The summed E-state index contributed by atoms with van der Waals surface area (Å²) in [5.74, 6) is 0.776. The molecule has 3 aromatic rings. The van der Waals surface area contributed by atoms with Gasteiger partial charge in [0, 0.05) is 30.3 Å². The van der Waals surface area contributed by atoms with E-state index in [2.05, 4.69) is 5.32 Å². The van der Waals surface area contributed by atoms with Crippen LogP contribution in [0.5, 0.6) is 5.75 Å². The number of cyclic esters (lactones) is 1. The van der Waals surface area contributed by atoms with E-state index in [0.29, 0.717) is 32.6 Å². The van der Waals surface area contributed by atoms with Crippen LogP contribution in [-0.2, 0) is 15.9 Å². The zero-order chi connectivity index (χ0) is 20.3. The van der Waals surface area contributed by atoms with Crippen LogP contribution in [0.3, 0.4) is 0 Å². The molecule has 0 aliphatic carbocycles. The number of benzene rings is 1. The lowest BCUT2D eigenvalue weighted by Gasteiger charge is -2.23. The van der Waals surface area contributed by atoms with Gasteiger partial charge < -0.3 is 19.5 Å². The number of fused-ring (bicyclic) bond motifs is 4. The topological polar surface area (TPSA) is 87.5 Å². The Hall–Kier alpha value is -2.65. The van der Waals surface area contributed by atoms with Crippen LogP contribution in [0.4, 0.5) is 4.79 Å². The smallest absolute Gasteiger partial charge is 0.407 e. The normalized spacial score (nSPS) is 20.5. The first-order valence-corrected chi connectivity index (χ1v) is 11.3. The summed E-state index contributed by atoms with van der Waals surface area (Å²) in [6.45, 7) is 2.06. The number of alkyl carbamates (subject to hydrolysis) is 1. The minimum Gasteiger partial charge on any atom is -0.494 e. The average Bonchev–Trinajstić information content (AvgIpc) is 3.38. The quantitative estimate of drug-likeness (QED) is 0.632. The fourth-order valence-electron chi connectivity index (χ4n) is 3.80. The van der Waals surface area contributed by atoms with Crippen molar-refractivity contribution >= 4 is 28.3 Å². The van der Waals surface area contributed by atoms with E-state index in [9.17, 15) is 4.79 Å². The van der Waals surface area contributed by atoms with Gasteiger partial charge in [0.2, 0.25) is 0 Å². The minimum atomic E-state index is -0.409. The summed E-state index contributed by atoms with van der Waals surface area (Å²) in [4.78, 5) is 16.5. The Balaban J connectivity index is 1.55. The third-order valence-corrected chi connectivity index (χ3v) is 6.22. The maximum absolute atomic E-state index is 11.7. The molecule has 1 unspecified atom stereocenters. The van der Waals surface area contributed by atoms with Gasteiger partial charge in [-0.3, -0.25) is 0 Å². The van der Waals surface area contributed by atoms with Gasteiger partial charge in [0.15, 0.2) is 6.23 Å². The summed E-state index contributed by atoms with van der Waals surface area (Å²) < 4.78 is 19.1. The second-order valence-corrected chi connectivity index (χ2v) is 8.38. The van der Waals surface area contributed by atoms with Crippen LogP contribution in [0.15, 0.2) is 23.6 Å². The number of aromatic nitrogens is 3. The van der Waals surface area contributed by atoms with E-state index in [1.807, 2.05) is 28.3 Å². The summed E-state index contributed by atoms with van der Waals surface area (Å²) in [7, 11) is 0. The average molecular weight is 429 g/mol. The first-order chi connectivity index (χ1) is 14.8. The maximum Gasteiger partial charge on any atom is 0.407 e. The van der Waals surface area contributed by atoms with Gasteiger partial charge in [0.1, 0.15) is 17.1 Å². The number of carbonyl (C=O) groups excluding carboxylic acids is 1. The van der Waals surface area contributed by atoms with Crippen molar-refractivity contribution in [2.75, 3.05) is 26.4 Å². The first kappa shape index (κ1) is 19.3. The lowest BCUT2D eigenvalue weighted by molar-refractivity contribution is -0.0365. The van der Waals surface area contributed by atoms with E-state index < -0.39 is 6.09 Å². The summed E-state index contributed by atoms with van der Waals surface area (Å²) >= 11 is 1.55. The molecule has 0 spiro atoms. The molecule has 1 amide bonds. The molecule has 1 N–H and O–H groups in total. The molecule has 9 heteroatoms. The van der Waals surface area contributed by atoms with Gasteiger partial charge in [-0.15, -0.1) is 11.3 Å². The number of ether oxygens (including phenoxy) is 3. The minimum absolute atomic E-state index is 0.0560. The number of hydrogen-bond donors (Lipinski definition) is 1. The van der Waals surface area contributed by atoms with Crippen LogP contribution in [0.25, 0.3) is 22.3 Å². The second kappa shape index (κ2) is 8.61. The Morgan fingerprint density at radius 3 is 3.00 bits per heavy atom. The molecule has 1 aromatic carbocycles. The fraction of sp³-hybridized carbons (Fsp3) is 0.476. The molecule has 1 atom stereocenters. The highest BCUT2D eigenvalue weighted by atomic mass is 32.1. The van der Waals surface area contributed by atoms with Crippen LogP contribution in [0, 0.1) is 0 Å². The molecule has 30 heavy (non-hydrogen) atoms. The van der Waals surface area contributed by atoms with Crippen molar-refractivity contribution in [3.05, 3.63) is 28.6 Å². The number of amides is 1. The largest absolute Gasteiger partial charge is 0.494 e. The second-order valence-electron chi connectivity index (χ2n) is 7.43. The number of nitrogens with one attached hydrogen (secondary N) is 1. The molecule has 1 saturated heterocycles. The SMILES string of the molecule is O=C1NCCCOc2ccc3c(c2)c(nn3C2CCCCO2)-c2csc(n2)CCO1. The highest BCUT2D eigenvalue weighted by Gasteiger charge is 2.23. The number of carbonyl (C=O) groups is 1. The van der Waals surface area contributed by atoms with E-state index >= 15 is 0 Å². The molecule has 0 radical (unpaired) electrons. The van der Waals surface area contributed by atoms with Crippen LogP contribution in [0.2, 0.25) is 0 Å². The van der Waals surface area contributed by atoms with Crippen LogP contribution in [0.1, 0.15) is 36.9 Å².